The van der Waals surface area contributed by atoms with Crippen LogP contribution in [0, 0.1) is 29.1 Å². The first kappa shape index (κ1) is 14.0. The molecule has 5 rings (SSSR count). The Morgan fingerprint density at radius 1 is 1.14 bits per heavy atom. The Bertz CT molecular complexity index is 398. The van der Waals surface area contributed by atoms with Crippen LogP contribution in [-0.2, 0) is 4.79 Å². The van der Waals surface area contributed by atoms with Crippen molar-refractivity contribution >= 4 is 5.97 Å². The van der Waals surface area contributed by atoms with Gasteiger partial charge >= 0.3 is 5.97 Å². The summed E-state index contributed by atoms with van der Waals surface area (Å²) < 4.78 is 0. The normalized spacial score (nSPS) is 48.9. The maximum absolute atomic E-state index is 11.3. The summed E-state index contributed by atoms with van der Waals surface area (Å²) in [5.41, 5.74) is 0.635. The molecular formula is C18H29NO2. The van der Waals surface area contributed by atoms with E-state index < -0.39 is 5.97 Å². The van der Waals surface area contributed by atoms with Crippen molar-refractivity contribution in [1.82, 2.24) is 4.90 Å². The van der Waals surface area contributed by atoms with Crippen molar-refractivity contribution in [3.63, 3.8) is 0 Å². The Labute approximate surface area is 128 Å². The summed E-state index contributed by atoms with van der Waals surface area (Å²) in [4.78, 5) is 13.7. The number of carbonyl (C=O) groups is 1. The van der Waals surface area contributed by atoms with Crippen LogP contribution in [0.4, 0.5) is 0 Å². The van der Waals surface area contributed by atoms with Crippen LogP contribution >= 0.6 is 0 Å². The minimum absolute atomic E-state index is 0.138. The monoisotopic (exact) mass is 291 g/mol. The minimum Gasteiger partial charge on any atom is -0.481 e. The lowest BCUT2D eigenvalue weighted by Gasteiger charge is -2.57. The average molecular weight is 291 g/mol. The van der Waals surface area contributed by atoms with Crippen molar-refractivity contribution in [1.29, 1.82) is 0 Å². The third kappa shape index (κ3) is 2.42. The first-order valence-corrected chi connectivity index (χ1v) is 9.01. The van der Waals surface area contributed by atoms with Gasteiger partial charge in [-0.3, -0.25) is 9.69 Å². The molecule has 4 aliphatic carbocycles. The third-order valence-electron chi connectivity index (χ3n) is 7.30. The number of hydrogen-bond acceptors (Lipinski definition) is 2. The van der Waals surface area contributed by atoms with Gasteiger partial charge in [-0.05, 0) is 94.5 Å². The Morgan fingerprint density at radius 3 is 2.19 bits per heavy atom. The predicted molar refractivity (Wildman–Crippen MR) is 82.0 cm³/mol. The molecule has 0 radical (unpaired) electrons. The molecule has 2 unspecified atom stereocenters. The second kappa shape index (κ2) is 4.97. The number of nitrogens with zero attached hydrogens (tertiary/aromatic N) is 1. The summed E-state index contributed by atoms with van der Waals surface area (Å²) in [6, 6.07) is 0.233. The van der Waals surface area contributed by atoms with E-state index in [0.717, 1.165) is 37.3 Å². The zero-order valence-electron chi connectivity index (χ0n) is 13.3. The first-order valence-electron chi connectivity index (χ1n) is 9.01. The van der Waals surface area contributed by atoms with Crippen LogP contribution in [0.15, 0.2) is 0 Å². The maximum Gasteiger partial charge on any atom is 0.308 e. The summed E-state index contributed by atoms with van der Waals surface area (Å²) in [6.07, 6.45) is 11.1. The molecule has 0 aromatic heterocycles. The Balaban J connectivity index is 1.38. The van der Waals surface area contributed by atoms with Crippen LogP contribution < -0.4 is 0 Å². The predicted octanol–water partition coefficient (Wildman–Crippen LogP) is 3.39. The fourth-order valence-electron chi connectivity index (χ4n) is 6.63. The summed E-state index contributed by atoms with van der Waals surface area (Å²) in [7, 11) is 0. The Morgan fingerprint density at radius 2 is 1.71 bits per heavy atom. The van der Waals surface area contributed by atoms with E-state index in [2.05, 4.69) is 11.8 Å². The SMILES string of the molecule is CC1C(C(=O)O)CCN1CCC12CC3CC(CC(C3)C1)C2. The molecule has 21 heavy (non-hydrogen) atoms. The van der Waals surface area contributed by atoms with E-state index in [1.807, 2.05) is 0 Å². The molecule has 0 aromatic carbocycles. The highest BCUT2D eigenvalue weighted by molar-refractivity contribution is 5.71. The molecule has 5 aliphatic rings. The van der Waals surface area contributed by atoms with Gasteiger partial charge in [0.25, 0.3) is 0 Å². The average Bonchev–Trinajstić information content (AvgIpc) is 2.76. The van der Waals surface area contributed by atoms with Gasteiger partial charge in [-0.25, -0.2) is 0 Å². The van der Waals surface area contributed by atoms with Crippen molar-refractivity contribution in [2.45, 2.75) is 64.3 Å². The molecule has 1 saturated heterocycles. The van der Waals surface area contributed by atoms with Gasteiger partial charge in [0.05, 0.1) is 5.92 Å². The molecule has 118 valence electrons. The summed E-state index contributed by atoms with van der Waals surface area (Å²) >= 11 is 0. The quantitative estimate of drug-likeness (QED) is 0.863. The first-order chi connectivity index (χ1) is 10.0. The lowest BCUT2D eigenvalue weighted by atomic mass is 9.49. The number of likely N-dealkylation sites (tertiary alicyclic amines) is 1. The number of carboxylic acids is 1. The summed E-state index contributed by atoms with van der Waals surface area (Å²) in [5, 5.41) is 9.27. The van der Waals surface area contributed by atoms with Crippen molar-refractivity contribution < 1.29 is 9.90 Å². The molecule has 4 saturated carbocycles. The van der Waals surface area contributed by atoms with E-state index in [4.69, 9.17) is 0 Å². The molecule has 1 N–H and O–H groups in total. The van der Waals surface area contributed by atoms with Gasteiger partial charge in [0.15, 0.2) is 0 Å². The van der Waals surface area contributed by atoms with Crippen LogP contribution in [0.1, 0.15) is 58.3 Å². The van der Waals surface area contributed by atoms with Gasteiger partial charge in [-0.1, -0.05) is 0 Å². The van der Waals surface area contributed by atoms with E-state index in [1.165, 1.54) is 44.9 Å². The summed E-state index contributed by atoms with van der Waals surface area (Å²) in [5.74, 6) is 2.35. The zero-order valence-corrected chi connectivity index (χ0v) is 13.3. The standard InChI is InChI=1S/C18H29NO2/c1-12-16(17(20)21)2-4-19(12)5-3-18-9-13-6-14(10-18)8-15(7-13)11-18/h12-16H,2-11H2,1H3,(H,20,21). The number of rotatable bonds is 4. The second-order valence-electron chi connectivity index (χ2n) is 8.68. The highest BCUT2D eigenvalue weighted by atomic mass is 16.4. The lowest BCUT2D eigenvalue weighted by Crippen LogP contribution is -2.47. The molecule has 1 aliphatic heterocycles. The van der Waals surface area contributed by atoms with Crippen LogP contribution in [0.25, 0.3) is 0 Å². The molecule has 5 fully saturated rings. The molecule has 2 atom stereocenters. The van der Waals surface area contributed by atoms with E-state index in [9.17, 15) is 9.90 Å². The summed E-state index contributed by atoms with van der Waals surface area (Å²) in [6.45, 7) is 4.24. The number of carboxylic acid groups (broad SMARTS) is 1. The Kier molecular flexibility index (Phi) is 3.33. The highest BCUT2D eigenvalue weighted by Gasteiger charge is 2.50. The molecule has 3 nitrogen and oxygen atoms in total. The van der Waals surface area contributed by atoms with Crippen molar-refractivity contribution in [2.24, 2.45) is 29.1 Å². The zero-order chi connectivity index (χ0) is 14.6. The van der Waals surface area contributed by atoms with Crippen LogP contribution in [0.5, 0.6) is 0 Å². The highest BCUT2D eigenvalue weighted by Crippen LogP contribution is 2.61. The second-order valence-corrected chi connectivity index (χ2v) is 8.68. The van der Waals surface area contributed by atoms with Crippen molar-refractivity contribution in [2.75, 3.05) is 13.1 Å². The molecule has 4 bridgehead atoms. The molecular weight excluding hydrogens is 262 g/mol. The van der Waals surface area contributed by atoms with Gasteiger partial charge < -0.3 is 5.11 Å². The lowest BCUT2D eigenvalue weighted by molar-refractivity contribution is -0.142. The smallest absolute Gasteiger partial charge is 0.308 e. The van der Waals surface area contributed by atoms with Gasteiger partial charge in [-0.2, -0.15) is 0 Å². The number of aliphatic carboxylic acids is 1. The van der Waals surface area contributed by atoms with E-state index in [-0.39, 0.29) is 12.0 Å². The van der Waals surface area contributed by atoms with Gasteiger partial charge in [-0.15, -0.1) is 0 Å². The van der Waals surface area contributed by atoms with Gasteiger partial charge in [0.1, 0.15) is 0 Å². The van der Waals surface area contributed by atoms with Gasteiger partial charge in [0, 0.05) is 6.04 Å². The molecule has 0 spiro atoms. The fourth-order valence-corrected chi connectivity index (χ4v) is 6.63. The molecule has 1 heterocycles. The molecule has 0 aromatic rings. The maximum atomic E-state index is 11.3. The van der Waals surface area contributed by atoms with Crippen LogP contribution in [0.2, 0.25) is 0 Å². The fraction of sp³-hybridized carbons (Fsp3) is 0.944. The third-order valence-corrected chi connectivity index (χ3v) is 7.30. The molecule has 0 amide bonds. The van der Waals surface area contributed by atoms with Gasteiger partial charge in [0.2, 0.25) is 0 Å². The van der Waals surface area contributed by atoms with Crippen LogP contribution in [0.3, 0.4) is 0 Å². The molecule has 3 heteroatoms. The number of hydrogen-bond donors (Lipinski definition) is 1. The van der Waals surface area contributed by atoms with E-state index in [1.54, 1.807) is 0 Å². The van der Waals surface area contributed by atoms with E-state index >= 15 is 0 Å². The van der Waals surface area contributed by atoms with Crippen molar-refractivity contribution in [3.8, 4) is 0 Å². The topological polar surface area (TPSA) is 40.5 Å². The largest absolute Gasteiger partial charge is 0.481 e. The van der Waals surface area contributed by atoms with Crippen molar-refractivity contribution in [3.05, 3.63) is 0 Å². The minimum atomic E-state index is -0.597. The Hall–Kier alpha value is -0.570. The van der Waals surface area contributed by atoms with Crippen LogP contribution in [-0.4, -0.2) is 35.1 Å². The van der Waals surface area contributed by atoms with E-state index in [0.29, 0.717) is 5.41 Å².